The molecule has 1 unspecified atom stereocenters. The first-order valence-corrected chi connectivity index (χ1v) is 7.94. The van der Waals surface area contributed by atoms with E-state index in [1.807, 2.05) is 0 Å². The van der Waals surface area contributed by atoms with Crippen LogP contribution in [0.25, 0.3) is 0 Å². The first-order valence-electron chi connectivity index (χ1n) is 6.46. The summed E-state index contributed by atoms with van der Waals surface area (Å²) in [6.45, 7) is 3.26. The zero-order chi connectivity index (χ0) is 15.8. The summed E-state index contributed by atoms with van der Waals surface area (Å²) in [5.74, 6) is -1.85. The maximum Gasteiger partial charge on any atom is 0.321 e. The number of amides is 1. The molecule has 0 radical (unpaired) electrons. The summed E-state index contributed by atoms with van der Waals surface area (Å²) in [6.07, 6.45) is 0.135. The first kappa shape index (κ1) is 15.5. The number of carboxylic acid groups (broad SMARTS) is 1. The number of rotatable bonds is 5. The summed E-state index contributed by atoms with van der Waals surface area (Å²) in [5.41, 5.74) is 1.17. The fourth-order valence-corrected chi connectivity index (χ4v) is 3.43. The Morgan fingerprint density at radius 3 is 2.71 bits per heavy atom. The molecule has 8 heteroatoms. The molecule has 0 aliphatic carbocycles. The number of carbonyl (C=O) groups is 2. The van der Waals surface area contributed by atoms with Gasteiger partial charge in [-0.3, -0.25) is 9.59 Å². The molecule has 1 aromatic carbocycles. The Morgan fingerprint density at radius 1 is 1.48 bits per heavy atom. The molecule has 1 aromatic rings. The lowest BCUT2D eigenvalue weighted by Crippen LogP contribution is -2.40. The molecular weight excluding hydrogens is 296 g/mol. The van der Waals surface area contributed by atoms with Gasteiger partial charge in [-0.05, 0) is 37.1 Å². The maximum absolute atomic E-state index is 12.2. The van der Waals surface area contributed by atoms with E-state index in [9.17, 15) is 18.0 Å². The number of aliphatic carboxylic acids is 1. The molecule has 1 aliphatic rings. The van der Waals surface area contributed by atoms with Crippen LogP contribution in [0, 0.1) is 0 Å². The molecule has 7 nitrogen and oxygen atoms in total. The summed E-state index contributed by atoms with van der Waals surface area (Å²) in [7, 11) is -3.95. The van der Waals surface area contributed by atoms with Gasteiger partial charge in [-0.25, -0.2) is 8.42 Å². The Morgan fingerprint density at radius 2 is 2.14 bits per heavy atom. The van der Waals surface area contributed by atoms with E-state index in [1.165, 1.54) is 18.2 Å². The van der Waals surface area contributed by atoms with Gasteiger partial charge in [0.1, 0.15) is 6.04 Å². The van der Waals surface area contributed by atoms with Crippen LogP contribution in [-0.4, -0.2) is 31.4 Å². The molecule has 0 fully saturated rings. The summed E-state index contributed by atoms with van der Waals surface area (Å²) in [6, 6.07) is 3.07. The number of carbonyl (C=O) groups excluding carboxylic acids is 1. The minimum atomic E-state index is -3.95. The van der Waals surface area contributed by atoms with Crippen LogP contribution in [0.3, 0.4) is 0 Å². The van der Waals surface area contributed by atoms with Crippen LogP contribution < -0.4 is 10.0 Å². The SMILES string of the molecule is CC[C@@H](NS(=O)(=O)c1ccc2c(c1)C(C)C(=O)N2)C(=O)O. The lowest BCUT2D eigenvalue weighted by atomic mass is 10.0. The van der Waals surface area contributed by atoms with E-state index in [0.29, 0.717) is 11.3 Å². The largest absolute Gasteiger partial charge is 0.480 e. The number of anilines is 1. The van der Waals surface area contributed by atoms with Crippen molar-refractivity contribution < 1.29 is 23.1 Å². The van der Waals surface area contributed by atoms with E-state index in [4.69, 9.17) is 5.11 Å². The molecule has 0 aromatic heterocycles. The number of fused-ring (bicyclic) bond motifs is 1. The molecule has 0 bridgehead atoms. The van der Waals surface area contributed by atoms with Gasteiger partial charge >= 0.3 is 5.97 Å². The van der Waals surface area contributed by atoms with E-state index < -0.39 is 28.0 Å². The highest BCUT2D eigenvalue weighted by atomic mass is 32.2. The van der Waals surface area contributed by atoms with E-state index in [1.54, 1.807) is 13.8 Å². The van der Waals surface area contributed by atoms with Crippen LogP contribution in [0.4, 0.5) is 5.69 Å². The van der Waals surface area contributed by atoms with E-state index in [2.05, 4.69) is 10.0 Å². The van der Waals surface area contributed by atoms with E-state index >= 15 is 0 Å². The van der Waals surface area contributed by atoms with Crippen molar-refractivity contribution in [3.05, 3.63) is 23.8 Å². The molecule has 0 saturated carbocycles. The Labute approximate surface area is 122 Å². The summed E-state index contributed by atoms with van der Waals surface area (Å²) in [5, 5.41) is 11.6. The number of hydrogen-bond donors (Lipinski definition) is 3. The van der Waals surface area contributed by atoms with Gasteiger partial charge in [-0.1, -0.05) is 6.92 Å². The van der Waals surface area contributed by atoms with E-state index in [0.717, 1.165) is 0 Å². The third kappa shape index (κ3) is 2.91. The fraction of sp³-hybridized carbons (Fsp3) is 0.385. The average molecular weight is 312 g/mol. The number of nitrogens with one attached hydrogen (secondary N) is 2. The molecule has 2 atom stereocenters. The minimum absolute atomic E-state index is 0.0516. The van der Waals surface area contributed by atoms with Gasteiger partial charge in [0.15, 0.2) is 0 Å². The molecule has 21 heavy (non-hydrogen) atoms. The molecule has 3 N–H and O–H groups in total. The van der Waals surface area contributed by atoms with Crippen LogP contribution in [0.2, 0.25) is 0 Å². The standard InChI is InChI=1S/C13H16N2O5S/c1-3-10(13(17)18)15-21(19,20)8-4-5-11-9(6-8)7(2)12(16)14-11/h4-7,10,15H,3H2,1-2H3,(H,14,16)(H,17,18)/t7?,10-/m1/s1. The fourth-order valence-electron chi connectivity index (χ4n) is 2.13. The maximum atomic E-state index is 12.2. The second-order valence-electron chi connectivity index (χ2n) is 4.88. The molecule has 114 valence electrons. The predicted octanol–water partition coefficient (Wildman–Crippen LogP) is 0.884. The van der Waals surface area contributed by atoms with Gasteiger partial charge in [-0.2, -0.15) is 4.72 Å². The summed E-state index contributed by atoms with van der Waals surface area (Å²) < 4.78 is 26.6. The smallest absolute Gasteiger partial charge is 0.321 e. The van der Waals surface area contributed by atoms with Crippen molar-refractivity contribution in [2.75, 3.05) is 5.32 Å². The monoisotopic (exact) mass is 312 g/mol. The number of hydrogen-bond acceptors (Lipinski definition) is 4. The van der Waals surface area contributed by atoms with Crippen molar-refractivity contribution in [1.82, 2.24) is 4.72 Å². The topological polar surface area (TPSA) is 113 Å². The first-order chi connectivity index (χ1) is 9.76. The Hall–Kier alpha value is -1.93. The lowest BCUT2D eigenvalue weighted by molar-refractivity contribution is -0.139. The second kappa shape index (κ2) is 5.45. The van der Waals surface area contributed by atoms with Crippen molar-refractivity contribution in [2.24, 2.45) is 0 Å². The number of sulfonamides is 1. The highest BCUT2D eigenvalue weighted by Crippen LogP contribution is 2.33. The van der Waals surface area contributed by atoms with Gasteiger partial charge in [-0.15, -0.1) is 0 Å². The van der Waals surface area contributed by atoms with Crippen LogP contribution in [0.1, 0.15) is 31.7 Å². The Balaban J connectivity index is 2.34. The van der Waals surface area contributed by atoms with Crippen molar-refractivity contribution >= 4 is 27.6 Å². The quantitative estimate of drug-likeness (QED) is 0.747. The normalized spacial score (nSPS) is 19.0. The molecular formula is C13H16N2O5S. The van der Waals surface area contributed by atoms with Crippen molar-refractivity contribution in [3.8, 4) is 0 Å². The minimum Gasteiger partial charge on any atom is -0.480 e. The summed E-state index contributed by atoms with van der Waals surface area (Å²) >= 11 is 0. The predicted molar refractivity (Wildman–Crippen MR) is 75.5 cm³/mol. The third-order valence-corrected chi connectivity index (χ3v) is 4.92. The van der Waals surface area contributed by atoms with E-state index in [-0.39, 0.29) is 17.2 Å². The van der Waals surface area contributed by atoms with Gasteiger partial charge < -0.3 is 10.4 Å². The summed E-state index contributed by atoms with van der Waals surface area (Å²) in [4.78, 5) is 22.4. The van der Waals surface area contributed by atoms with Gasteiger partial charge in [0.2, 0.25) is 15.9 Å². The van der Waals surface area contributed by atoms with Crippen LogP contribution in [-0.2, 0) is 19.6 Å². The molecule has 1 heterocycles. The molecule has 0 saturated heterocycles. The van der Waals surface area contributed by atoms with Gasteiger partial charge in [0.25, 0.3) is 0 Å². The number of benzene rings is 1. The zero-order valence-corrected chi connectivity index (χ0v) is 12.4. The van der Waals surface area contributed by atoms with Crippen molar-refractivity contribution in [2.45, 2.75) is 37.1 Å². The van der Waals surface area contributed by atoms with Crippen molar-refractivity contribution in [1.29, 1.82) is 0 Å². The zero-order valence-electron chi connectivity index (χ0n) is 11.6. The molecule has 1 aliphatic heterocycles. The van der Waals surface area contributed by atoms with Gasteiger partial charge in [0.05, 0.1) is 10.8 Å². The average Bonchev–Trinajstić information content (AvgIpc) is 2.71. The Bertz CT molecular complexity index is 699. The lowest BCUT2D eigenvalue weighted by Gasteiger charge is -2.13. The van der Waals surface area contributed by atoms with Crippen LogP contribution in [0.15, 0.2) is 23.1 Å². The molecule has 2 rings (SSSR count). The Kier molecular flexibility index (Phi) is 4.02. The number of carboxylic acids is 1. The third-order valence-electron chi connectivity index (χ3n) is 3.45. The van der Waals surface area contributed by atoms with Crippen LogP contribution in [0.5, 0.6) is 0 Å². The molecule has 1 amide bonds. The van der Waals surface area contributed by atoms with Crippen molar-refractivity contribution in [3.63, 3.8) is 0 Å². The second-order valence-corrected chi connectivity index (χ2v) is 6.59. The highest BCUT2D eigenvalue weighted by molar-refractivity contribution is 7.89. The highest BCUT2D eigenvalue weighted by Gasteiger charge is 2.29. The van der Waals surface area contributed by atoms with Crippen LogP contribution >= 0.6 is 0 Å². The molecule has 0 spiro atoms. The van der Waals surface area contributed by atoms with Gasteiger partial charge in [0, 0.05) is 5.69 Å².